The molecular weight excluding hydrogens is 392 g/mol. The molecule has 3 N–H and O–H groups in total. The van der Waals surface area contributed by atoms with Gasteiger partial charge in [-0.1, -0.05) is 36.4 Å². The average Bonchev–Trinajstić information content (AvgIpc) is 3.65. The number of carbonyl (C=O) groups is 1. The molecule has 0 saturated heterocycles. The quantitative estimate of drug-likeness (QED) is 0.294. The third kappa shape index (κ3) is 7.51. The number of methoxy groups -OCH3 is 1. The molecule has 1 aliphatic carbocycles. The second-order valence-electron chi connectivity index (χ2n) is 7.45. The molecule has 0 spiro atoms. The van der Waals surface area contributed by atoms with E-state index in [1.165, 1.54) is 0 Å². The Morgan fingerprint density at radius 3 is 2.48 bits per heavy atom. The van der Waals surface area contributed by atoms with Crippen molar-refractivity contribution in [1.29, 1.82) is 0 Å². The summed E-state index contributed by atoms with van der Waals surface area (Å²) >= 11 is 0. The van der Waals surface area contributed by atoms with Gasteiger partial charge in [0.15, 0.2) is 17.5 Å². The number of hydrogen-bond acceptors (Lipinski definition) is 4. The highest BCUT2D eigenvalue weighted by Gasteiger charge is 2.28. The maximum absolute atomic E-state index is 11.7. The van der Waals surface area contributed by atoms with Gasteiger partial charge in [-0.15, -0.1) is 0 Å². The molecule has 0 unspecified atom stereocenters. The molecule has 7 nitrogen and oxygen atoms in total. The van der Waals surface area contributed by atoms with Crippen LogP contribution in [0.15, 0.2) is 53.5 Å². The zero-order valence-corrected chi connectivity index (χ0v) is 18.3. The van der Waals surface area contributed by atoms with Gasteiger partial charge in [0.2, 0.25) is 5.91 Å². The van der Waals surface area contributed by atoms with E-state index in [0.717, 1.165) is 30.5 Å². The summed E-state index contributed by atoms with van der Waals surface area (Å²) in [4.78, 5) is 16.3. The molecule has 7 heteroatoms. The van der Waals surface area contributed by atoms with Gasteiger partial charge in [-0.05, 0) is 43.0 Å². The minimum Gasteiger partial charge on any atom is -0.493 e. The van der Waals surface area contributed by atoms with E-state index in [9.17, 15) is 4.79 Å². The number of nitrogens with one attached hydrogen (secondary N) is 3. The van der Waals surface area contributed by atoms with Gasteiger partial charge in [0.1, 0.15) is 6.61 Å². The van der Waals surface area contributed by atoms with Crippen LogP contribution < -0.4 is 25.4 Å². The van der Waals surface area contributed by atoms with Crippen molar-refractivity contribution >= 4 is 11.9 Å². The fourth-order valence-corrected chi connectivity index (χ4v) is 3.03. The van der Waals surface area contributed by atoms with Crippen LogP contribution in [0.3, 0.4) is 0 Å². The molecule has 2 aromatic rings. The minimum atomic E-state index is 0.158. The lowest BCUT2D eigenvalue weighted by atomic mass is 10.2. The standard InChI is InChI=1S/C24H32N4O3/c1-3-25-24(27-14-13-26-23(29)20-10-11-20)28-16-19-9-12-21(22(15-19)30-2)31-17-18-7-5-4-6-8-18/h4-9,12,15,20H,3,10-11,13-14,16-17H2,1-2H3,(H,26,29)(H2,25,27,28). The SMILES string of the molecule is CCNC(=NCc1ccc(OCc2ccccc2)c(OC)c1)NCCNC(=O)C1CC1. The minimum absolute atomic E-state index is 0.158. The number of aliphatic imine (C=N–C) groups is 1. The molecule has 2 aromatic carbocycles. The molecule has 0 atom stereocenters. The number of benzene rings is 2. The molecule has 31 heavy (non-hydrogen) atoms. The summed E-state index contributed by atoms with van der Waals surface area (Å²) in [6, 6.07) is 15.9. The van der Waals surface area contributed by atoms with Crippen molar-refractivity contribution in [3.8, 4) is 11.5 Å². The van der Waals surface area contributed by atoms with Gasteiger partial charge in [0.05, 0.1) is 13.7 Å². The summed E-state index contributed by atoms with van der Waals surface area (Å²) in [6.45, 7) is 4.98. The van der Waals surface area contributed by atoms with Crippen LogP contribution in [0, 0.1) is 5.92 Å². The highest BCUT2D eigenvalue weighted by atomic mass is 16.5. The van der Waals surface area contributed by atoms with Gasteiger partial charge in [0.25, 0.3) is 0 Å². The van der Waals surface area contributed by atoms with Crippen molar-refractivity contribution in [2.75, 3.05) is 26.7 Å². The van der Waals surface area contributed by atoms with Crippen molar-refractivity contribution < 1.29 is 14.3 Å². The van der Waals surface area contributed by atoms with Gasteiger partial charge in [-0.2, -0.15) is 0 Å². The average molecular weight is 425 g/mol. The Morgan fingerprint density at radius 1 is 1.00 bits per heavy atom. The predicted octanol–water partition coefficient (Wildman–Crippen LogP) is 2.86. The second-order valence-corrected chi connectivity index (χ2v) is 7.45. The van der Waals surface area contributed by atoms with Crippen LogP contribution in [0.1, 0.15) is 30.9 Å². The summed E-state index contributed by atoms with van der Waals surface area (Å²) in [7, 11) is 1.64. The smallest absolute Gasteiger partial charge is 0.223 e. The lowest BCUT2D eigenvalue weighted by Gasteiger charge is -2.13. The molecule has 1 fully saturated rings. The van der Waals surface area contributed by atoms with E-state index in [-0.39, 0.29) is 11.8 Å². The van der Waals surface area contributed by atoms with Crippen molar-refractivity contribution in [2.45, 2.75) is 32.9 Å². The Kier molecular flexibility index (Phi) is 8.58. The van der Waals surface area contributed by atoms with Crippen LogP contribution in [0.2, 0.25) is 0 Å². The Balaban J connectivity index is 1.52. The van der Waals surface area contributed by atoms with Crippen LogP contribution in [-0.4, -0.2) is 38.6 Å². The van der Waals surface area contributed by atoms with E-state index in [4.69, 9.17) is 9.47 Å². The molecule has 1 amide bonds. The second kappa shape index (κ2) is 11.8. The number of carbonyl (C=O) groups excluding carboxylic acids is 1. The number of ether oxygens (including phenoxy) is 2. The topological polar surface area (TPSA) is 84.0 Å². The monoisotopic (exact) mass is 424 g/mol. The van der Waals surface area contributed by atoms with Gasteiger partial charge in [-0.3, -0.25) is 4.79 Å². The van der Waals surface area contributed by atoms with E-state index < -0.39 is 0 Å². The Hall–Kier alpha value is -3.22. The predicted molar refractivity (Wildman–Crippen MR) is 122 cm³/mol. The largest absolute Gasteiger partial charge is 0.493 e. The van der Waals surface area contributed by atoms with Crippen LogP contribution in [-0.2, 0) is 17.9 Å². The number of amides is 1. The maximum Gasteiger partial charge on any atom is 0.223 e. The summed E-state index contributed by atoms with van der Waals surface area (Å²) in [5, 5.41) is 9.42. The molecule has 0 bridgehead atoms. The van der Waals surface area contributed by atoms with Crippen LogP contribution in [0.5, 0.6) is 11.5 Å². The van der Waals surface area contributed by atoms with Crippen molar-refractivity contribution in [3.63, 3.8) is 0 Å². The number of hydrogen-bond donors (Lipinski definition) is 3. The zero-order chi connectivity index (χ0) is 21.9. The van der Waals surface area contributed by atoms with Crippen LogP contribution in [0.25, 0.3) is 0 Å². The first-order valence-electron chi connectivity index (χ1n) is 10.8. The third-order valence-electron chi connectivity index (χ3n) is 4.89. The molecule has 0 aromatic heterocycles. The Bertz CT molecular complexity index is 866. The molecule has 166 valence electrons. The first-order chi connectivity index (χ1) is 15.2. The number of nitrogens with zero attached hydrogens (tertiary/aromatic N) is 1. The summed E-state index contributed by atoms with van der Waals surface area (Å²) < 4.78 is 11.4. The third-order valence-corrected chi connectivity index (χ3v) is 4.89. The highest BCUT2D eigenvalue weighted by molar-refractivity contribution is 5.81. The maximum atomic E-state index is 11.7. The fraction of sp³-hybridized carbons (Fsp3) is 0.417. The van der Waals surface area contributed by atoms with Gasteiger partial charge < -0.3 is 25.4 Å². The first-order valence-corrected chi connectivity index (χ1v) is 10.8. The molecule has 3 rings (SSSR count). The molecule has 0 radical (unpaired) electrons. The number of guanidine groups is 1. The van der Waals surface area contributed by atoms with E-state index in [1.807, 2.05) is 55.5 Å². The molecule has 1 aliphatic rings. The summed E-state index contributed by atoms with van der Waals surface area (Å²) in [5.41, 5.74) is 2.12. The Labute approximate surface area is 184 Å². The van der Waals surface area contributed by atoms with Crippen LogP contribution >= 0.6 is 0 Å². The summed E-state index contributed by atoms with van der Waals surface area (Å²) in [6.07, 6.45) is 2.03. The van der Waals surface area contributed by atoms with Crippen molar-refractivity contribution in [3.05, 3.63) is 59.7 Å². The van der Waals surface area contributed by atoms with E-state index >= 15 is 0 Å². The van der Waals surface area contributed by atoms with Gasteiger partial charge in [-0.25, -0.2) is 4.99 Å². The van der Waals surface area contributed by atoms with Crippen LogP contribution in [0.4, 0.5) is 0 Å². The molecule has 1 saturated carbocycles. The molecular formula is C24H32N4O3. The lowest BCUT2D eigenvalue weighted by molar-refractivity contribution is -0.122. The van der Waals surface area contributed by atoms with E-state index in [0.29, 0.717) is 43.7 Å². The van der Waals surface area contributed by atoms with E-state index in [1.54, 1.807) is 7.11 Å². The summed E-state index contributed by atoms with van der Waals surface area (Å²) in [5.74, 6) is 2.49. The first kappa shape index (κ1) is 22.5. The highest BCUT2D eigenvalue weighted by Crippen LogP contribution is 2.29. The number of rotatable bonds is 11. The molecule has 0 aliphatic heterocycles. The Morgan fingerprint density at radius 2 is 1.77 bits per heavy atom. The lowest BCUT2D eigenvalue weighted by Crippen LogP contribution is -2.41. The van der Waals surface area contributed by atoms with E-state index in [2.05, 4.69) is 20.9 Å². The molecule has 0 heterocycles. The van der Waals surface area contributed by atoms with Crippen molar-refractivity contribution in [1.82, 2.24) is 16.0 Å². The fourth-order valence-electron chi connectivity index (χ4n) is 3.03. The normalized spacial score (nSPS) is 13.4. The zero-order valence-electron chi connectivity index (χ0n) is 18.3. The van der Waals surface area contributed by atoms with Crippen molar-refractivity contribution in [2.24, 2.45) is 10.9 Å². The van der Waals surface area contributed by atoms with Gasteiger partial charge >= 0.3 is 0 Å². The van der Waals surface area contributed by atoms with Gasteiger partial charge in [0, 0.05) is 25.6 Å².